The van der Waals surface area contributed by atoms with E-state index in [4.69, 9.17) is 14.2 Å². The van der Waals surface area contributed by atoms with Crippen molar-refractivity contribution in [1.82, 2.24) is 5.32 Å². The molecular formula is C20H19NO6. The van der Waals surface area contributed by atoms with Crippen LogP contribution in [0.4, 0.5) is 0 Å². The monoisotopic (exact) mass is 369 g/mol. The van der Waals surface area contributed by atoms with Gasteiger partial charge in [0.15, 0.2) is 18.1 Å². The minimum Gasteiger partial charge on any atom is -0.456 e. The number of hydrogen-bond acceptors (Lipinski definition) is 6. The Morgan fingerprint density at radius 1 is 1.04 bits per heavy atom. The average Bonchev–Trinajstić information content (AvgIpc) is 3.13. The highest BCUT2D eigenvalue weighted by atomic mass is 16.7. The number of amides is 1. The van der Waals surface area contributed by atoms with Crippen LogP contribution >= 0.6 is 0 Å². The minimum absolute atomic E-state index is 0.112. The normalized spacial score (nSPS) is 11.8. The number of benzene rings is 2. The van der Waals surface area contributed by atoms with Crippen LogP contribution in [0.3, 0.4) is 0 Å². The summed E-state index contributed by atoms with van der Waals surface area (Å²) in [5.74, 6) is -0.388. The van der Waals surface area contributed by atoms with Crippen LogP contribution in [0.5, 0.6) is 11.5 Å². The van der Waals surface area contributed by atoms with E-state index in [-0.39, 0.29) is 25.7 Å². The molecule has 140 valence electrons. The van der Waals surface area contributed by atoms with E-state index in [1.807, 2.05) is 26.0 Å². The van der Waals surface area contributed by atoms with Gasteiger partial charge in [-0.2, -0.15) is 0 Å². The average molecular weight is 369 g/mol. The molecule has 7 heteroatoms. The molecule has 27 heavy (non-hydrogen) atoms. The third kappa shape index (κ3) is 4.44. The van der Waals surface area contributed by atoms with Crippen molar-refractivity contribution in [2.24, 2.45) is 0 Å². The fourth-order valence-electron chi connectivity index (χ4n) is 2.60. The predicted octanol–water partition coefficient (Wildman–Crippen LogP) is 2.19. The molecule has 0 aromatic heterocycles. The highest BCUT2D eigenvalue weighted by Gasteiger charge is 2.17. The molecule has 0 spiro atoms. The highest BCUT2D eigenvalue weighted by Crippen LogP contribution is 2.32. The quantitative estimate of drug-likeness (QED) is 0.620. The minimum atomic E-state index is -0.692. The smallest absolute Gasteiger partial charge is 0.325 e. The zero-order chi connectivity index (χ0) is 19.4. The number of fused-ring (bicyclic) bond motifs is 1. The van der Waals surface area contributed by atoms with Gasteiger partial charge >= 0.3 is 5.97 Å². The lowest BCUT2D eigenvalue weighted by Crippen LogP contribution is -2.31. The van der Waals surface area contributed by atoms with Gasteiger partial charge < -0.3 is 19.5 Å². The summed E-state index contributed by atoms with van der Waals surface area (Å²) in [6.07, 6.45) is 0. The summed E-state index contributed by atoms with van der Waals surface area (Å²) in [6, 6.07) is 10.2. The second-order valence-electron chi connectivity index (χ2n) is 6.15. The predicted molar refractivity (Wildman–Crippen MR) is 96.1 cm³/mol. The molecule has 0 bridgehead atoms. The summed E-state index contributed by atoms with van der Waals surface area (Å²) < 4.78 is 15.4. The number of hydrogen-bond donors (Lipinski definition) is 1. The fraction of sp³-hybridized carbons (Fsp3) is 0.250. The van der Waals surface area contributed by atoms with Crippen molar-refractivity contribution in [3.05, 3.63) is 58.7 Å². The van der Waals surface area contributed by atoms with E-state index in [2.05, 4.69) is 5.32 Å². The fourth-order valence-corrected chi connectivity index (χ4v) is 2.60. The van der Waals surface area contributed by atoms with Crippen molar-refractivity contribution in [1.29, 1.82) is 0 Å². The molecule has 0 atom stereocenters. The van der Waals surface area contributed by atoms with Gasteiger partial charge in [-0.1, -0.05) is 17.7 Å². The molecule has 2 aromatic carbocycles. The Labute approximate surface area is 156 Å². The SMILES string of the molecule is Cc1ccc(C)c(C(=O)COC(=O)CNC(=O)c2ccc3c(c2)OCO3)c1. The Bertz CT molecular complexity index is 905. The van der Waals surface area contributed by atoms with Gasteiger partial charge in [-0.3, -0.25) is 14.4 Å². The van der Waals surface area contributed by atoms with Crippen LogP contribution in [-0.4, -0.2) is 37.6 Å². The first-order valence-corrected chi connectivity index (χ1v) is 8.38. The molecule has 7 nitrogen and oxygen atoms in total. The van der Waals surface area contributed by atoms with Crippen molar-refractivity contribution in [3.8, 4) is 11.5 Å². The molecule has 0 saturated heterocycles. The summed E-state index contributed by atoms with van der Waals surface area (Å²) in [4.78, 5) is 36.1. The molecule has 2 aromatic rings. The van der Waals surface area contributed by atoms with E-state index in [9.17, 15) is 14.4 Å². The molecule has 1 aliphatic rings. The second-order valence-corrected chi connectivity index (χ2v) is 6.15. The van der Waals surface area contributed by atoms with Gasteiger partial charge in [0.1, 0.15) is 6.54 Å². The maximum atomic E-state index is 12.2. The summed E-state index contributed by atoms with van der Waals surface area (Å²) in [7, 11) is 0. The van der Waals surface area contributed by atoms with Gasteiger partial charge in [-0.25, -0.2) is 0 Å². The van der Waals surface area contributed by atoms with Crippen LogP contribution in [0.15, 0.2) is 36.4 Å². The van der Waals surface area contributed by atoms with Gasteiger partial charge in [-0.15, -0.1) is 0 Å². The van der Waals surface area contributed by atoms with Crippen molar-refractivity contribution in [2.45, 2.75) is 13.8 Å². The molecule has 1 amide bonds. The maximum Gasteiger partial charge on any atom is 0.325 e. The van der Waals surface area contributed by atoms with Crippen molar-refractivity contribution in [2.75, 3.05) is 19.9 Å². The number of carbonyl (C=O) groups excluding carboxylic acids is 3. The summed E-state index contributed by atoms with van der Waals surface area (Å²) >= 11 is 0. The van der Waals surface area contributed by atoms with E-state index >= 15 is 0 Å². The zero-order valence-electron chi connectivity index (χ0n) is 15.0. The maximum absolute atomic E-state index is 12.2. The van der Waals surface area contributed by atoms with Crippen LogP contribution in [0, 0.1) is 13.8 Å². The number of rotatable bonds is 6. The van der Waals surface area contributed by atoms with Crippen LogP contribution in [0.25, 0.3) is 0 Å². The van der Waals surface area contributed by atoms with E-state index in [0.29, 0.717) is 22.6 Å². The largest absolute Gasteiger partial charge is 0.456 e. The van der Waals surface area contributed by atoms with Crippen LogP contribution in [-0.2, 0) is 9.53 Å². The topological polar surface area (TPSA) is 90.9 Å². The number of aryl methyl sites for hydroxylation is 2. The second kappa shape index (κ2) is 7.90. The lowest BCUT2D eigenvalue weighted by atomic mass is 10.0. The Balaban J connectivity index is 1.49. The molecule has 0 fully saturated rings. The summed E-state index contributed by atoms with van der Waals surface area (Å²) in [5.41, 5.74) is 2.62. The molecular weight excluding hydrogens is 350 g/mol. The first-order valence-electron chi connectivity index (χ1n) is 8.38. The van der Waals surface area contributed by atoms with E-state index in [1.54, 1.807) is 18.2 Å². The number of Topliss-reactive ketones (excluding diaryl/α,β-unsaturated/α-hetero) is 1. The molecule has 0 saturated carbocycles. The first-order chi connectivity index (χ1) is 12.9. The Morgan fingerprint density at radius 2 is 1.81 bits per heavy atom. The number of ketones is 1. The standard InChI is InChI=1S/C20H19NO6/c1-12-3-4-13(2)15(7-12)16(22)10-25-19(23)9-21-20(24)14-5-6-17-18(8-14)27-11-26-17/h3-8H,9-11H2,1-2H3,(H,21,24). The Hall–Kier alpha value is -3.35. The van der Waals surface area contributed by atoms with Gasteiger partial charge in [0.05, 0.1) is 0 Å². The van der Waals surface area contributed by atoms with Crippen LogP contribution in [0.2, 0.25) is 0 Å². The summed E-state index contributed by atoms with van der Waals surface area (Å²) in [6.45, 7) is 3.10. The number of carbonyl (C=O) groups is 3. The third-order valence-corrected chi connectivity index (χ3v) is 4.09. The first kappa shape index (κ1) is 18.4. The van der Waals surface area contributed by atoms with Crippen molar-refractivity contribution >= 4 is 17.7 Å². The molecule has 1 aliphatic heterocycles. The molecule has 3 rings (SSSR count). The molecule has 0 radical (unpaired) electrons. The third-order valence-electron chi connectivity index (χ3n) is 4.09. The van der Waals surface area contributed by atoms with Crippen molar-refractivity contribution < 1.29 is 28.6 Å². The van der Waals surface area contributed by atoms with E-state index < -0.39 is 11.9 Å². The van der Waals surface area contributed by atoms with Crippen LogP contribution < -0.4 is 14.8 Å². The number of ether oxygens (including phenoxy) is 3. The molecule has 1 heterocycles. The Kier molecular flexibility index (Phi) is 5.40. The van der Waals surface area contributed by atoms with Gasteiger partial charge in [0, 0.05) is 11.1 Å². The van der Waals surface area contributed by atoms with Gasteiger partial charge in [0.25, 0.3) is 5.91 Å². The number of nitrogens with one attached hydrogen (secondary N) is 1. The molecule has 1 N–H and O–H groups in total. The molecule has 0 unspecified atom stereocenters. The van der Waals surface area contributed by atoms with Gasteiger partial charge in [-0.05, 0) is 43.7 Å². The summed E-state index contributed by atoms with van der Waals surface area (Å²) in [5, 5.41) is 2.45. The lowest BCUT2D eigenvalue weighted by molar-refractivity contribution is -0.141. The van der Waals surface area contributed by atoms with E-state index in [1.165, 1.54) is 6.07 Å². The highest BCUT2D eigenvalue weighted by molar-refractivity contribution is 6.00. The van der Waals surface area contributed by atoms with E-state index in [0.717, 1.165) is 11.1 Å². The Morgan fingerprint density at radius 3 is 2.63 bits per heavy atom. The zero-order valence-corrected chi connectivity index (χ0v) is 15.0. The van der Waals surface area contributed by atoms with Crippen molar-refractivity contribution in [3.63, 3.8) is 0 Å². The van der Waals surface area contributed by atoms with Crippen LogP contribution in [0.1, 0.15) is 31.8 Å². The van der Waals surface area contributed by atoms with Gasteiger partial charge in [0.2, 0.25) is 12.6 Å². The number of esters is 1. The lowest BCUT2D eigenvalue weighted by Gasteiger charge is -2.08. The molecule has 0 aliphatic carbocycles.